The molecule has 0 aromatic carbocycles. The summed E-state index contributed by atoms with van der Waals surface area (Å²) < 4.78 is 0. The highest BCUT2D eigenvalue weighted by atomic mass is 16.4. The molecule has 0 bridgehead atoms. The number of carbonyl (C=O) groups is 2. The van der Waals surface area contributed by atoms with Gasteiger partial charge in [0.2, 0.25) is 0 Å². The summed E-state index contributed by atoms with van der Waals surface area (Å²) in [6, 6.07) is 0. The molecule has 0 aromatic heterocycles. The molecule has 2 fully saturated rings. The number of fused-ring (bicyclic) bond motifs is 1. The van der Waals surface area contributed by atoms with Crippen molar-refractivity contribution in [3.05, 3.63) is 0 Å². The lowest BCUT2D eigenvalue weighted by molar-refractivity contribution is -0.141. The molecule has 0 saturated heterocycles. The van der Waals surface area contributed by atoms with Gasteiger partial charge in [-0.2, -0.15) is 0 Å². The maximum atomic E-state index is 11.8. The number of hydrogen-bond donors (Lipinski definition) is 1. The highest BCUT2D eigenvalue weighted by Crippen LogP contribution is 2.56. The molecule has 2 saturated carbocycles. The average molecular weight is 224 g/mol. The predicted octanol–water partition coefficient (Wildman–Crippen LogP) is 2.64. The van der Waals surface area contributed by atoms with Gasteiger partial charge in [0.05, 0.1) is 6.42 Å². The van der Waals surface area contributed by atoms with E-state index in [2.05, 4.69) is 13.8 Å². The fourth-order valence-electron chi connectivity index (χ4n) is 3.59. The Labute approximate surface area is 96.2 Å². The van der Waals surface area contributed by atoms with E-state index in [0.29, 0.717) is 18.1 Å². The molecule has 16 heavy (non-hydrogen) atoms. The first-order valence-corrected chi connectivity index (χ1v) is 6.11. The van der Waals surface area contributed by atoms with E-state index < -0.39 is 5.97 Å². The van der Waals surface area contributed by atoms with Gasteiger partial charge >= 0.3 is 5.97 Å². The molecule has 2 aliphatic rings. The number of hydrogen-bond acceptors (Lipinski definition) is 2. The van der Waals surface area contributed by atoms with Crippen LogP contribution in [0.2, 0.25) is 0 Å². The van der Waals surface area contributed by atoms with Gasteiger partial charge in [-0.1, -0.05) is 13.8 Å². The van der Waals surface area contributed by atoms with E-state index in [0.717, 1.165) is 25.7 Å². The fourth-order valence-corrected chi connectivity index (χ4v) is 3.59. The quantitative estimate of drug-likeness (QED) is 0.784. The van der Waals surface area contributed by atoms with Crippen LogP contribution in [0.25, 0.3) is 0 Å². The number of carboxylic acids is 1. The van der Waals surface area contributed by atoms with Gasteiger partial charge in [0.15, 0.2) is 0 Å². The normalized spacial score (nSPS) is 43.1. The van der Waals surface area contributed by atoms with Gasteiger partial charge in [-0.15, -0.1) is 0 Å². The summed E-state index contributed by atoms with van der Waals surface area (Å²) in [5.74, 6) is 0.100. The smallest absolute Gasteiger partial charge is 0.303 e. The second kappa shape index (κ2) is 3.57. The number of rotatable bonds is 2. The largest absolute Gasteiger partial charge is 0.481 e. The maximum absolute atomic E-state index is 11.8. The van der Waals surface area contributed by atoms with Crippen LogP contribution in [0.3, 0.4) is 0 Å². The molecule has 3 heteroatoms. The molecule has 0 amide bonds. The van der Waals surface area contributed by atoms with Crippen LogP contribution in [0.5, 0.6) is 0 Å². The van der Waals surface area contributed by atoms with Crippen molar-refractivity contribution in [2.24, 2.45) is 16.7 Å². The highest BCUT2D eigenvalue weighted by Gasteiger charge is 2.52. The first kappa shape index (κ1) is 11.6. The summed E-state index contributed by atoms with van der Waals surface area (Å²) in [7, 11) is 0. The topological polar surface area (TPSA) is 54.4 Å². The Hall–Kier alpha value is -0.860. The molecule has 3 unspecified atom stereocenters. The van der Waals surface area contributed by atoms with E-state index in [1.807, 2.05) is 0 Å². The van der Waals surface area contributed by atoms with Crippen molar-refractivity contribution >= 4 is 11.8 Å². The molecule has 0 aliphatic heterocycles. The Morgan fingerprint density at radius 1 is 1.44 bits per heavy atom. The van der Waals surface area contributed by atoms with Crippen LogP contribution in [0.15, 0.2) is 0 Å². The van der Waals surface area contributed by atoms with Crippen molar-refractivity contribution in [2.45, 2.75) is 52.4 Å². The lowest BCUT2D eigenvalue weighted by Crippen LogP contribution is -2.40. The van der Waals surface area contributed by atoms with Gasteiger partial charge in [-0.3, -0.25) is 9.59 Å². The van der Waals surface area contributed by atoms with Crippen LogP contribution in [-0.2, 0) is 9.59 Å². The number of carboxylic acid groups (broad SMARTS) is 1. The Bertz CT molecular complexity index is 336. The summed E-state index contributed by atoms with van der Waals surface area (Å²) in [4.78, 5) is 22.7. The molecule has 3 nitrogen and oxygen atoms in total. The molecule has 3 atom stereocenters. The van der Waals surface area contributed by atoms with Crippen molar-refractivity contribution in [3.63, 3.8) is 0 Å². The minimum Gasteiger partial charge on any atom is -0.481 e. The van der Waals surface area contributed by atoms with Crippen LogP contribution >= 0.6 is 0 Å². The van der Waals surface area contributed by atoms with Gasteiger partial charge < -0.3 is 5.11 Å². The molecule has 90 valence electrons. The zero-order valence-electron chi connectivity index (χ0n) is 10.1. The molecular formula is C13H20O3. The number of carbonyl (C=O) groups excluding carboxylic acids is 1. The van der Waals surface area contributed by atoms with Gasteiger partial charge in [-0.25, -0.2) is 0 Å². The average Bonchev–Trinajstić information content (AvgIpc) is 2.43. The van der Waals surface area contributed by atoms with E-state index in [1.54, 1.807) is 0 Å². The van der Waals surface area contributed by atoms with Gasteiger partial charge in [0.25, 0.3) is 0 Å². The lowest BCUT2D eigenvalue weighted by Gasteiger charge is -2.44. The zero-order chi connectivity index (χ0) is 12.0. The van der Waals surface area contributed by atoms with Crippen molar-refractivity contribution < 1.29 is 14.7 Å². The highest BCUT2D eigenvalue weighted by molar-refractivity contribution is 5.87. The third kappa shape index (κ3) is 1.76. The van der Waals surface area contributed by atoms with E-state index in [1.165, 1.54) is 0 Å². The Balaban J connectivity index is 2.13. The molecule has 1 N–H and O–H groups in total. The summed E-state index contributed by atoms with van der Waals surface area (Å²) in [5, 5.41) is 8.92. The molecule has 0 radical (unpaired) electrons. The van der Waals surface area contributed by atoms with Crippen molar-refractivity contribution in [1.29, 1.82) is 0 Å². The van der Waals surface area contributed by atoms with Gasteiger partial charge in [0.1, 0.15) is 5.78 Å². The van der Waals surface area contributed by atoms with Crippen molar-refractivity contribution in [1.82, 2.24) is 0 Å². The van der Waals surface area contributed by atoms with Crippen LogP contribution in [0, 0.1) is 16.7 Å². The number of aliphatic carboxylic acids is 1. The van der Waals surface area contributed by atoms with E-state index in [9.17, 15) is 9.59 Å². The molecule has 2 aliphatic carbocycles. The second-order valence-electron chi connectivity index (χ2n) is 6.16. The first-order valence-electron chi connectivity index (χ1n) is 6.11. The monoisotopic (exact) mass is 224 g/mol. The number of ketones is 1. The standard InChI is InChI=1S/C13H20O3/c1-12(8-11(15)16)5-6-13(2)9(7-12)3-4-10(13)14/h9H,3-8H2,1-2H3,(H,15,16). The lowest BCUT2D eigenvalue weighted by atomic mass is 9.59. The Kier molecular flexibility index (Phi) is 2.59. The minimum absolute atomic E-state index is 0.0966. The SMILES string of the molecule is CC1(CC(=O)O)CCC2(C)C(=O)CCC2C1. The molecule has 0 aromatic rings. The van der Waals surface area contributed by atoms with Crippen molar-refractivity contribution in [3.8, 4) is 0 Å². The van der Waals surface area contributed by atoms with Crippen LogP contribution in [0.1, 0.15) is 52.4 Å². The third-order valence-electron chi connectivity index (χ3n) is 4.82. The predicted molar refractivity (Wildman–Crippen MR) is 60.0 cm³/mol. The van der Waals surface area contributed by atoms with Gasteiger partial charge in [-0.05, 0) is 37.0 Å². The third-order valence-corrected chi connectivity index (χ3v) is 4.82. The second-order valence-corrected chi connectivity index (χ2v) is 6.16. The van der Waals surface area contributed by atoms with E-state index in [4.69, 9.17) is 5.11 Å². The molecule has 0 heterocycles. The maximum Gasteiger partial charge on any atom is 0.303 e. The summed E-state index contributed by atoms with van der Waals surface area (Å²) in [6.45, 7) is 4.14. The minimum atomic E-state index is -0.713. The van der Waals surface area contributed by atoms with E-state index in [-0.39, 0.29) is 17.3 Å². The Morgan fingerprint density at radius 3 is 2.75 bits per heavy atom. The van der Waals surface area contributed by atoms with E-state index >= 15 is 0 Å². The fraction of sp³-hybridized carbons (Fsp3) is 0.846. The molecule has 0 spiro atoms. The summed E-state index contributed by atoms with van der Waals surface area (Å²) in [6.07, 6.45) is 4.56. The molecular weight excluding hydrogens is 204 g/mol. The van der Waals surface area contributed by atoms with Crippen molar-refractivity contribution in [2.75, 3.05) is 0 Å². The summed E-state index contributed by atoms with van der Waals surface area (Å²) in [5.41, 5.74) is -0.237. The number of Topliss-reactive ketones (excluding diaryl/α,β-unsaturated/α-hetero) is 1. The summed E-state index contributed by atoms with van der Waals surface area (Å²) >= 11 is 0. The van der Waals surface area contributed by atoms with Crippen LogP contribution in [0.4, 0.5) is 0 Å². The zero-order valence-corrected chi connectivity index (χ0v) is 10.1. The molecule has 2 rings (SSSR count). The van der Waals surface area contributed by atoms with Gasteiger partial charge in [0, 0.05) is 11.8 Å². The Morgan fingerprint density at radius 2 is 2.12 bits per heavy atom. The van der Waals surface area contributed by atoms with Crippen LogP contribution < -0.4 is 0 Å². The van der Waals surface area contributed by atoms with Crippen LogP contribution in [-0.4, -0.2) is 16.9 Å². The first-order chi connectivity index (χ1) is 7.36.